The summed E-state index contributed by atoms with van der Waals surface area (Å²) >= 11 is 0. The Morgan fingerprint density at radius 2 is 1.95 bits per heavy atom. The van der Waals surface area contributed by atoms with Crippen LogP contribution in [0.25, 0.3) is 10.8 Å². The summed E-state index contributed by atoms with van der Waals surface area (Å²) in [6.45, 7) is 2.24. The smallest absolute Gasteiger partial charge is 0.267 e. The molecule has 1 fully saturated rings. The molecule has 1 saturated carbocycles. The Kier molecular flexibility index (Phi) is 4.00. The molecule has 0 bridgehead atoms. The summed E-state index contributed by atoms with van der Waals surface area (Å²) in [4.78, 5) is 24.6. The second-order valence-electron chi connectivity index (χ2n) is 5.34. The molecule has 1 heterocycles. The Balaban J connectivity index is 2.02. The Morgan fingerprint density at radius 1 is 1.27 bits per heavy atom. The molecular formula is C16H18N4O2. The van der Waals surface area contributed by atoms with Crippen molar-refractivity contribution < 1.29 is 4.79 Å². The summed E-state index contributed by atoms with van der Waals surface area (Å²) in [7, 11) is 0. The van der Waals surface area contributed by atoms with Gasteiger partial charge >= 0.3 is 0 Å². The zero-order valence-electron chi connectivity index (χ0n) is 12.5. The average Bonchev–Trinajstić information content (AvgIpc) is 3.07. The van der Waals surface area contributed by atoms with Gasteiger partial charge in [0.1, 0.15) is 0 Å². The van der Waals surface area contributed by atoms with Crippen molar-refractivity contribution >= 4 is 22.4 Å². The van der Waals surface area contributed by atoms with E-state index in [1.54, 1.807) is 24.3 Å². The van der Waals surface area contributed by atoms with E-state index >= 15 is 0 Å². The van der Waals surface area contributed by atoms with Crippen LogP contribution in [-0.2, 0) is 6.54 Å². The number of amides is 1. The van der Waals surface area contributed by atoms with E-state index in [2.05, 4.69) is 15.6 Å². The molecule has 0 saturated heterocycles. The number of nitrogens with zero attached hydrogens (tertiary/aromatic N) is 3. The van der Waals surface area contributed by atoms with Gasteiger partial charge in [-0.15, -0.1) is 0 Å². The van der Waals surface area contributed by atoms with Gasteiger partial charge in [0.25, 0.3) is 11.5 Å². The summed E-state index contributed by atoms with van der Waals surface area (Å²) in [5.41, 5.74) is 3.64. The van der Waals surface area contributed by atoms with Gasteiger partial charge in [-0.2, -0.15) is 10.2 Å². The fraction of sp³-hybridized carbons (Fsp3) is 0.375. The third kappa shape index (κ3) is 2.64. The summed E-state index contributed by atoms with van der Waals surface area (Å²) < 4.78 is 1.31. The molecule has 2 aromatic rings. The first-order chi connectivity index (χ1) is 10.7. The van der Waals surface area contributed by atoms with Gasteiger partial charge in [-0.1, -0.05) is 18.2 Å². The first-order valence-corrected chi connectivity index (χ1v) is 7.56. The van der Waals surface area contributed by atoms with Crippen LogP contribution in [0.4, 0.5) is 0 Å². The monoisotopic (exact) mass is 298 g/mol. The Hall–Kier alpha value is -2.50. The van der Waals surface area contributed by atoms with E-state index in [0.717, 1.165) is 31.4 Å². The molecule has 6 nitrogen and oxygen atoms in total. The molecule has 1 amide bonds. The Morgan fingerprint density at radius 3 is 2.64 bits per heavy atom. The molecule has 0 spiro atoms. The number of nitrogens with one attached hydrogen (secondary N) is 1. The quantitative estimate of drug-likeness (QED) is 0.881. The molecule has 0 atom stereocenters. The van der Waals surface area contributed by atoms with Gasteiger partial charge in [0, 0.05) is 17.6 Å². The molecule has 6 heteroatoms. The maximum absolute atomic E-state index is 12.4. The summed E-state index contributed by atoms with van der Waals surface area (Å²) in [6, 6.07) is 7.02. The molecular weight excluding hydrogens is 280 g/mol. The fourth-order valence-electron chi connectivity index (χ4n) is 2.69. The van der Waals surface area contributed by atoms with E-state index in [1.165, 1.54) is 4.68 Å². The van der Waals surface area contributed by atoms with Gasteiger partial charge in [0.15, 0.2) is 5.69 Å². The van der Waals surface area contributed by atoms with Crippen LogP contribution >= 0.6 is 0 Å². The maximum atomic E-state index is 12.4. The van der Waals surface area contributed by atoms with Gasteiger partial charge in [0.2, 0.25) is 0 Å². The van der Waals surface area contributed by atoms with Crippen LogP contribution in [0, 0.1) is 0 Å². The normalized spacial score (nSPS) is 14.3. The fourth-order valence-corrected chi connectivity index (χ4v) is 2.69. The predicted molar refractivity (Wildman–Crippen MR) is 85.0 cm³/mol. The van der Waals surface area contributed by atoms with Crippen molar-refractivity contribution in [3.05, 3.63) is 40.3 Å². The van der Waals surface area contributed by atoms with Crippen LogP contribution in [0.1, 0.15) is 43.1 Å². The third-order valence-electron chi connectivity index (χ3n) is 3.88. The minimum absolute atomic E-state index is 0.184. The highest BCUT2D eigenvalue weighted by molar-refractivity contribution is 6.05. The molecule has 114 valence electrons. The standard InChI is InChI=1S/C16H18N4O2/c1-2-20-16(22)13-10-6-5-9-12(13)14(19-20)15(21)18-17-11-7-3-4-8-11/h5-6,9-10H,2-4,7-8H2,1H3,(H,18,21). The highest BCUT2D eigenvalue weighted by atomic mass is 16.2. The number of hydrogen-bond donors (Lipinski definition) is 1. The van der Waals surface area contributed by atoms with E-state index in [4.69, 9.17) is 0 Å². The van der Waals surface area contributed by atoms with E-state index in [9.17, 15) is 9.59 Å². The van der Waals surface area contributed by atoms with Gasteiger partial charge < -0.3 is 0 Å². The van der Waals surface area contributed by atoms with Crippen LogP contribution in [0.2, 0.25) is 0 Å². The maximum Gasteiger partial charge on any atom is 0.292 e. The second kappa shape index (κ2) is 6.09. The zero-order chi connectivity index (χ0) is 15.5. The average molecular weight is 298 g/mol. The molecule has 1 aromatic carbocycles. The lowest BCUT2D eigenvalue weighted by Gasteiger charge is -2.08. The molecule has 3 rings (SSSR count). The topological polar surface area (TPSA) is 76.3 Å². The van der Waals surface area contributed by atoms with E-state index in [1.807, 2.05) is 6.92 Å². The van der Waals surface area contributed by atoms with Crippen molar-refractivity contribution in [1.29, 1.82) is 0 Å². The highest BCUT2D eigenvalue weighted by Crippen LogP contribution is 2.15. The van der Waals surface area contributed by atoms with Crippen LogP contribution in [0.3, 0.4) is 0 Å². The number of benzene rings is 1. The number of carbonyl (C=O) groups is 1. The minimum atomic E-state index is -0.377. The Bertz CT molecular complexity index is 799. The molecule has 1 aliphatic rings. The van der Waals surface area contributed by atoms with Crippen LogP contribution < -0.4 is 11.0 Å². The van der Waals surface area contributed by atoms with Crippen molar-refractivity contribution in [3.8, 4) is 0 Å². The highest BCUT2D eigenvalue weighted by Gasteiger charge is 2.16. The second-order valence-corrected chi connectivity index (χ2v) is 5.34. The number of hydrogen-bond acceptors (Lipinski definition) is 4. The Labute approximate surface area is 127 Å². The van der Waals surface area contributed by atoms with E-state index < -0.39 is 0 Å². The summed E-state index contributed by atoms with van der Waals surface area (Å²) in [5, 5.41) is 9.42. The molecule has 0 radical (unpaired) electrons. The first-order valence-electron chi connectivity index (χ1n) is 7.56. The van der Waals surface area contributed by atoms with Crippen molar-refractivity contribution in [2.45, 2.75) is 39.2 Å². The lowest BCUT2D eigenvalue weighted by molar-refractivity contribution is 0.0949. The van der Waals surface area contributed by atoms with Gasteiger partial charge in [-0.3, -0.25) is 9.59 Å². The summed E-state index contributed by atoms with van der Waals surface area (Å²) in [6.07, 6.45) is 4.11. The minimum Gasteiger partial charge on any atom is -0.267 e. The van der Waals surface area contributed by atoms with Gasteiger partial charge in [0.05, 0.1) is 5.39 Å². The molecule has 22 heavy (non-hydrogen) atoms. The van der Waals surface area contributed by atoms with Crippen molar-refractivity contribution in [1.82, 2.24) is 15.2 Å². The molecule has 0 aliphatic heterocycles. The van der Waals surface area contributed by atoms with E-state index in [-0.39, 0.29) is 17.2 Å². The van der Waals surface area contributed by atoms with Crippen LogP contribution in [-0.4, -0.2) is 21.4 Å². The van der Waals surface area contributed by atoms with Crippen molar-refractivity contribution in [2.75, 3.05) is 0 Å². The lowest BCUT2D eigenvalue weighted by atomic mass is 10.1. The number of carbonyl (C=O) groups excluding carboxylic acids is 1. The zero-order valence-corrected chi connectivity index (χ0v) is 12.5. The van der Waals surface area contributed by atoms with Gasteiger partial charge in [-0.05, 0) is 38.7 Å². The molecule has 1 aromatic heterocycles. The molecule has 1 N–H and O–H groups in total. The predicted octanol–water partition coefficient (Wildman–Crippen LogP) is 2.08. The van der Waals surface area contributed by atoms with Crippen molar-refractivity contribution in [2.24, 2.45) is 5.10 Å². The van der Waals surface area contributed by atoms with Crippen molar-refractivity contribution in [3.63, 3.8) is 0 Å². The van der Waals surface area contributed by atoms with E-state index in [0.29, 0.717) is 17.3 Å². The number of aromatic nitrogens is 2. The number of hydrazone groups is 1. The number of rotatable bonds is 3. The summed E-state index contributed by atoms with van der Waals surface area (Å²) in [5.74, 6) is -0.377. The van der Waals surface area contributed by atoms with Crippen LogP contribution in [0.5, 0.6) is 0 Å². The van der Waals surface area contributed by atoms with Gasteiger partial charge in [-0.25, -0.2) is 10.1 Å². The largest absolute Gasteiger partial charge is 0.292 e. The number of aryl methyl sites for hydroxylation is 1. The molecule has 0 unspecified atom stereocenters. The third-order valence-corrected chi connectivity index (χ3v) is 3.88. The molecule has 1 aliphatic carbocycles. The first kappa shape index (κ1) is 14.4. The van der Waals surface area contributed by atoms with Crippen LogP contribution in [0.15, 0.2) is 34.2 Å². The lowest BCUT2D eigenvalue weighted by Crippen LogP contribution is -2.28. The number of fused-ring (bicyclic) bond motifs is 1. The SMILES string of the molecule is CCn1nc(C(=O)NN=C2CCCC2)c2ccccc2c1=O.